The summed E-state index contributed by atoms with van der Waals surface area (Å²) >= 11 is 5.28. The number of alkyl halides is 1. The van der Waals surface area contributed by atoms with Gasteiger partial charge in [0.05, 0.1) is 3.42 Å². The van der Waals surface area contributed by atoms with Crippen LogP contribution in [-0.4, -0.2) is 3.42 Å². The average molecular weight is 548 g/mol. The molecule has 0 unspecified atom stereocenters. The Morgan fingerprint density at radius 2 is 1.16 bits per heavy atom. The van der Waals surface area contributed by atoms with E-state index in [0.29, 0.717) is 5.92 Å². The Morgan fingerprint density at radius 1 is 0.720 bits per heavy atom. The molecule has 0 amide bonds. The first kappa shape index (κ1) is 17.3. The van der Waals surface area contributed by atoms with E-state index in [0.717, 1.165) is 0 Å². The molecule has 0 N–H and O–H groups in total. The third-order valence-electron chi connectivity index (χ3n) is 4.80. The largest absolute Gasteiger partial charge is 0.0724 e. The first-order chi connectivity index (χ1) is 12.2. The van der Waals surface area contributed by atoms with Crippen LogP contribution in [0.15, 0.2) is 94.6 Å². The summed E-state index contributed by atoms with van der Waals surface area (Å²) in [6.07, 6.45) is 1.21. The van der Waals surface area contributed by atoms with Gasteiger partial charge in [-0.15, -0.1) is 0 Å². The van der Waals surface area contributed by atoms with Gasteiger partial charge in [-0.05, 0) is 51.3 Å². The molecule has 3 aromatic carbocycles. The fraction of sp³-hybridized carbons (Fsp3) is 0.130. The van der Waals surface area contributed by atoms with Gasteiger partial charge in [0.2, 0.25) is 0 Å². The van der Waals surface area contributed by atoms with Crippen LogP contribution in [0.5, 0.6) is 0 Å². The van der Waals surface area contributed by atoms with E-state index in [1.54, 1.807) is 0 Å². The minimum absolute atomic E-state index is 0.195. The minimum Gasteiger partial charge on any atom is -0.0724 e. The van der Waals surface area contributed by atoms with E-state index in [9.17, 15) is 0 Å². The lowest BCUT2D eigenvalue weighted by Gasteiger charge is -2.17. The number of allylic oxidation sites excluding steroid dienone is 1. The molecule has 1 aliphatic carbocycles. The molecule has 1 aliphatic rings. The molecule has 1 fully saturated rings. The van der Waals surface area contributed by atoms with Crippen molar-refractivity contribution < 1.29 is 0 Å². The lowest BCUT2D eigenvalue weighted by atomic mass is 9.96. The van der Waals surface area contributed by atoms with E-state index < -0.39 is 0 Å². The van der Waals surface area contributed by atoms with Crippen molar-refractivity contribution >= 4 is 50.8 Å². The normalized spacial score (nSPS) is 21.6. The van der Waals surface area contributed by atoms with Crippen LogP contribution >= 0.6 is 45.2 Å². The molecule has 2 heteroatoms. The summed E-state index contributed by atoms with van der Waals surface area (Å²) in [6, 6.07) is 32.5. The Balaban J connectivity index is 1.81. The van der Waals surface area contributed by atoms with Crippen LogP contribution in [0.4, 0.5) is 0 Å². The quantitative estimate of drug-likeness (QED) is 0.238. The van der Waals surface area contributed by atoms with Gasteiger partial charge in [-0.25, -0.2) is 0 Å². The van der Waals surface area contributed by atoms with Gasteiger partial charge in [0.25, 0.3) is 0 Å². The van der Waals surface area contributed by atoms with Gasteiger partial charge in [0.15, 0.2) is 0 Å². The predicted molar refractivity (Wildman–Crippen MR) is 123 cm³/mol. The zero-order valence-corrected chi connectivity index (χ0v) is 18.0. The van der Waals surface area contributed by atoms with Gasteiger partial charge in [-0.1, -0.05) is 114 Å². The highest BCUT2D eigenvalue weighted by Gasteiger charge is 2.55. The lowest BCUT2D eigenvalue weighted by Crippen LogP contribution is -2.05. The van der Waals surface area contributed by atoms with Crippen LogP contribution in [0, 0.1) is 0 Å². The second-order valence-electron chi connectivity index (χ2n) is 6.45. The molecule has 25 heavy (non-hydrogen) atoms. The summed E-state index contributed by atoms with van der Waals surface area (Å²) in [6.45, 7) is 0. The van der Waals surface area contributed by atoms with Crippen molar-refractivity contribution in [2.45, 2.75) is 15.8 Å². The summed E-state index contributed by atoms with van der Waals surface area (Å²) in [7, 11) is 0. The molecular weight excluding hydrogens is 530 g/mol. The predicted octanol–water partition coefficient (Wildman–Crippen LogP) is 7.24. The Hall–Kier alpha value is -1.14. The molecule has 4 rings (SSSR count). The van der Waals surface area contributed by atoms with Crippen LogP contribution < -0.4 is 0 Å². The van der Waals surface area contributed by atoms with Crippen molar-refractivity contribution in [3.05, 3.63) is 111 Å². The number of hydrogen-bond acceptors (Lipinski definition) is 0. The third kappa shape index (κ3) is 3.43. The van der Waals surface area contributed by atoms with E-state index in [4.69, 9.17) is 0 Å². The maximum atomic E-state index is 2.68. The van der Waals surface area contributed by atoms with Gasteiger partial charge in [-0.2, -0.15) is 0 Å². The minimum atomic E-state index is 0.195. The molecule has 0 aromatic heterocycles. The summed E-state index contributed by atoms with van der Waals surface area (Å²) in [5.74, 6) is 0.601. The lowest BCUT2D eigenvalue weighted by molar-refractivity contribution is 1.08. The van der Waals surface area contributed by atoms with E-state index in [1.807, 2.05) is 0 Å². The first-order valence-corrected chi connectivity index (χ1v) is 10.6. The van der Waals surface area contributed by atoms with E-state index >= 15 is 0 Å². The van der Waals surface area contributed by atoms with E-state index in [-0.39, 0.29) is 3.42 Å². The second-order valence-corrected chi connectivity index (χ2v) is 9.45. The number of hydrogen-bond donors (Lipinski definition) is 0. The monoisotopic (exact) mass is 548 g/mol. The van der Waals surface area contributed by atoms with Crippen LogP contribution in [0.25, 0.3) is 5.57 Å². The molecule has 0 radical (unpaired) electrons. The highest BCUT2D eigenvalue weighted by atomic mass is 127. The van der Waals surface area contributed by atoms with Crippen molar-refractivity contribution in [2.75, 3.05) is 0 Å². The topological polar surface area (TPSA) is 0 Å². The fourth-order valence-corrected chi connectivity index (χ4v) is 5.67. The van der Waals surface area contributed by atoms with Crippen LogP contribution in [0.2, 0.25) is 0 Å². The molecule has 0 nitrogen and oxygen atoms in total. The van der Waals surface area contributed by atoms with E-state index in [2.05, 4.69) is 136 Å². The molecular formula is C23H18I2. The van der Waals surface area contributed by atoms with Crippen LogP contribution in [0.1, 0.15) is 29.0 Å². The van der Waals surface area contributed by atoms with Gasteiger partial charge < -0.3 is 0 Å². The van der Waals surface area contributed by atoms with Gasteiger partial charge >= 0.3 is 0 Å². The molecule has 0 spiro atoms. The highest BCUT2D eigenvalue weighted by molar-refractivity contribution is 14.1. The van der Waals surface area contributed by atoms with Gasteiger partial charge in [0.1, 0.15) is 0 Å². The molecule has 124 valence electrons. The summed E-state index contributed by atoms with van der Waals surface area (Å²) in [4.78, 5) is 0. The standard InChI is InChI=1S/C23H18I2/c24-22(23(25)16-20(23)17-10-4-1-5-11-17)21(18-12-6-2-7-13-18)19-14-8-3-9-15-19/h1-15,20H,16H2/t20-,23+/m1/s1. The Morgan fingerprint density at radius 3 is 1.64 bits per heavy atom. The van der Waals surface area contributed by atoms with Crippen LogP contribution in [-0.2, 0) is 0 Å². The summed E-state index contributed by atoms with van der Waals surface area (Å²) in [5, 5.41) is 0. The number of rotatable bonds is 4. The summed E-state index contributed by atoms with van der Waals surface area (Å²) in [5.41, 5.74) is 5.42. The average Bonchev–Trinajstić information content (AvgIpc) is 3.38. The summed E-state index contributed by atoms with van der Waals surface area (Å²) < 4.78 is 1.65. The molecule has 3 aromatic rings. The van der Waals surface area contributed by atoms with Crippen molar-refractivity contribution in [3.63, 3.8) is 0 Å². The Kier molecular flexibility index (Phi) is 5.00. The molecule has 1 saturated carbocycles. The smallest absolute Gasteiger partial charge is 0.0609 e. The van der Waals surface area contributed by atoms with Gasteiger partial charge in [0, 0.05) is 9.50 Å². The maximum Gasteiger partial charge on any atom is 0.0609 e. The molecule has 0 heterocycles. The fourth-order valence-electron chi connectivity index (χ4n) is 3.39. The highest BCUT2D eigenvalue weighted by Crippen LogP contribution is 2.65. The van der Waals surface area contributed by atoms with Crippen molar-refractivity contribution in [1.29, 1.82) is 0 Å². The first-order valence-electron chi connectivity index (χ1n) is 8.45. The zero-order valence-electron chi connectivity index (χ0n) is 13.7. The Labute approximate surface area is 176 Å². The Bertz CT molecular complexity index is 844. The molecule has 2 atom stereocenters. The maximum absolute atomic E-state index is 2.68. The van der Waals surface area contributed by atoms with Crippen LogP contribution in [0.3, 0.4) is 0 Å². The van der Waals surface area contributed by atoms with E-state index in [1.165, 1.54) is 32.3 Å². The molecule has 0 saturated heterocycles. The number of benzene rings is 3. The van der Waals surface area contributed by atoms with Crippen molar-refractivity contribution in [2.24, 2.45) is 0 Å². The SMILES string of the molecule is IC(=C(c1ccccc1)c1ccccc1)[C@]1(I)C[C@@H]1c1ccccc1. The molecule has 0 aliphatic heterocycles. The van der Waals surface area contributed by atoms with Crippen molar-refractivity contribution in [1.82, 2.24) is 0 Å². The molecule has 0 bridgehead atoms. The van der Waals surface area contributed by atoms with Gasteiger partial charge in [-0.3, -0.25) is 0 Å². The number of halogens is 2. The second kappa shape index (κ2) is 7.23. The third-order valence-corrected chi connectivity index (χ3v) is 9.07. The van der Waals surface area contributed by atoms with Crippen molar-refractivity contribution in [3.8, 4) is 0 Å². The zero-order chi connectivity index (χ0) is 17.3.